The average Bonchev–Trinajstić information content (AvgIpc) is 2.68. The van der Waals surface area contributed by atoms with E-state index in [1.165, 1.54) is 0 Å². The van der Waals surface area contributed by atoms with Crippen LogP contribution in [0.15, 0.2) is 28.4 Å². The molecule has 1 aromatic carbocycles. The SMILES string of the molecule is O=c1scc(O)n1Cc1cc(C(F)(F)F)cc(C(F)(F)F)c1. The van der Waals surface area contributed by atoms with Gasteiger partial charge in [0.1, 0.15) is 0 Å². The molecule has 0 aliphatic rings. The summed E-state index contributed by atoms with van der Waals surface area (Å²) in [5.74, 6) is -0.527. The van der Waals surface area contributed by atoms with E-state index in [2.05, 4.69) is 0 Å². The Morgan fingerprint density at radius 3 is 1.86 bits per heavy atom. The van der Waals surface area contributed by atoms with Crippen molar-refractivity contribution in [2.24, 2.45) is 0 Å². The molecule has 2 rings (SSSR count). The predicted octanol–water partition coefficient (Wildman–Crippen LogP) is 3.70. The molecule has 1 aromatic heterocycles. The van der Waals surface area contributed by atoms with Crippen LogP contribution in [0.4, 0.5) is 26.3 Å². The fourth-order valence-electron chi connectivity index (χ4n) is 1.76. The van der Waals surface area contributed by atoms with Crippen molar-refractivity contribution in [3.8, 4) is 5.88 Å². The minimum absolute atomic E-state index is 0.000249. The number of nitrogens with zero attached hydrogens (tertiary/aromatic N) is 1. The van der Waals surface area contributed by atoms with Crippen molar-refractivity contribution in [2.45, 2.75) is 18.9 Å². The smallest absolute Gasteiger partial charge is 0.416 e. The molecule has 0 aliphatic carbocycles. The van der Waals surface area contributed by atoms with Crippen LogP contribution in [0.25, 0.3) is 0 Å². The Balaban J connectivity index is 2.54. The Morgan fingerprint density at radius 2 is 1.50 bits per heavy atom. The third-order valence-electron chi connectivity index (χ3n) is 2.75. The van der Waals surface area contributed by atoms with E-state index < -0.39 is 46.3 Å². The maximum atomic E-state index is 12.7. The summed E-state index contributed by atoms with van der Waals surface area (Å²) in [5, 5.41) is 10.4. The van der Waals surface area contributed by atoms with Gasteiger partial charge >= 0.3 is 17.2 Å². The molecule has 0 atom stereocenters. The highest BCUT2D eigenvalue weighted by molar-refractivity contribution is 7.07. The Bertz CT molecular complexity index is 711. The van der Waals surface area contributed by atoms with Gasteiger partial charge in [-0.15, -0.1) is 0 Å². The molecule has 0 saturated heterocycles. The van der Waals surface area contributed by atoms with Gasteiger partial charge in [0, 0.05) is 0 Å². The largest absolute Gasteiger partial charge is 0.494 e. The molecule has 0 saturated carbocycles. The summed E-state index contributed by atoms with van der Waals surface area (Å²) < 4.78 is 76.8. The Morgan fingerprint density at radius 1 is 1.00 bits per heavy atom. The molecule has 120 valence electrons. The lowest BCUT2D eigenvalue weighted by Crippen LogP contribution is -2.16. The zero-order valence-corrected chi connectivity index (χ0v) is 11.3. The number of hydrogen-bond donors (Lipinski definition) is 1. The summed E-state index contributed by atoms with van der Waals surface area (Å²) in [6.45, 7) is -0.596. The van der Waals surface area contributed by atoms with E-state index in [9.17, 15) is 36.2 Å². The van der Waals surface area contributed by atoms with Gasteiger partial charge in [0.15, 0.2) is 0 Å². The van der Waals surface area contributed by atoms with Gasteiger partial charge in [-0.2, -0.15) is 26.3 Å². The number of rotatable bonds is 2. The van der Waals surface area contributed by atoms with E-state index in [-0.39, 0.29) is 6.07 Å². The number of halogens is 6. The van der Waals surface area contributed by atoms with Gasteiger partial charge in [0.25, 0.3) is 0 Å². The van der Waals surface area contributed by atoms with Crippen molar-refractivity contribution in [1.29, 1.82) is 0 Å². The number of hydrogen-bond acceptors (Lipinski definition) is 3. The van der Waals surface area contributed by atoms with Crippen molar-refractivity contribution < 1.29 is 31.4 Å². The van der Waals surface area contributed by atoms with Crippen LogP contribution in [-0.2, 0) is 18.9 Å². The van der Waals surface area contributed by atoms with Crippen LogP contribution < -0.4 is 4.87 Å². The van der Waals surface area contributed by atoms with Crippen molar-refractivity contribution >= 4 is 11.3 Å². The van der Waals surface area contributed by atoms with Crippen LogP contribution in [-0.4, -0.2) is 9.67 Å². The van der Waals surface area contributed by atoms with Crippen molar-refractivity contribution in [3.63, 3.8) is 0 Å². The molecule has 0 amide bonds. The number of aromatic hydroxyl groups is 1. The molecule has 0 fully saturated rings. The monoisotopic (exact) mass is 343 g/mol. The number of thiazole rings is 1. The van der Waals surface area contributed by atoms with Crippen LogP contribution in [0.5, 0.6) is 5.88 Å². The number of aromatic nitrogens is 1. The van der Waals surface area contributed by atoms with Crippen LogP contribution in [0.2, 0.25) is 0 Å². The number of benzene rings is 1. The first kappa shape index (κ1) is 16.4. The molecule has 0 bridgehead atoms. The quantitative estimate of drug-likeness (QED) is 0.845. The zero-order chi connectivity index (χ0) is 16.7. The van der Waals surface area contributed by atoms with Gasteiger partial charge in [0.05, 0.1) is 23.1 Å². The molecule has 0 aliphatic heterocycles. The average molecular weight is 343 g/mol. The lowest BCUT2D eigenvalue weighted by molar-refractivity contribution is -0.143. The zero-order valence-electron chi connectivity index (χ0n) is 10.5. The standard InChI is InChI=1S/C12H7F6NO2S/c13-11(14,15)7-1-6(2-8(3-7)12(16,17)18)4-19-9(20)5-22-10(19)21/h1-3,5,20H,4H2. The van der Waals surface area contributed by atoms with E-state index in [1.807, 2.05) is 0 Å². The maximum Gasteiger partial charge on any atom is 0.416 e. The van der Waals surface area contributed by atoms with E-state index in [4.69, 9.17) is 0 Å². The molecule has 10 heteroatoms. The summed E-state index contributed by atoms with van der Waals surface area (Å²) in [7, 11) is 0. The van der Waals surface area contributed by atoms with E-state index >= 15 is 0 Å². The van der Waals surface area contributed by atoms with Crippen LogP contribution in [0, 0.1) is 0 Å². The third-order valence-corrected chi connectivity index (χ3v) is 3.50. The lowest BCUT2D eigenvalue weighted by Gasteiger charge is -2.14. The first-order valence-corrected chi connectivity index (χ1v) is 6.52. The molecule has 0 unspecified atom stereocenters. The molecule has 1 N–H and O–H groups in total. The summed E-state index contributed by atoms with van der Waals surface area (Å²) in [4.78, 5) is 10.7. The van der Waals surface area contributed by atoms with Crippen molar-refractivity contribution in [1.82, 2.24) is 4.57 Å². The van der Waals surface area contributed by atoms with E-state index in [0.29, 0.717) is 28.0 Å². The molecule has 22 heavy (non-hydrogen) atoms. The highest BCUT2D eigenvalue weighted by Crippen LogP contribution is 2.36. The normalized spacial score (nSPS) is 12.6. The van der Waals surface area contributed by atoms with Crippen molar-refractivity contribution in [3.05, 3.63) is 49.9 Å². The topological polar surface area (TPSA) is 42.2 Å². The molecule has 3 nitrogen and oxygen atoms in total. The molecular formula is C12H7F6NO2S. The Kier molecular flexibility index (Phi) is 3.98. The molecular weight excluding hydrogens is 336 g/mol. The van der Waals surface area contributed by atoms with E-state index in [0.717, 1.165) is 5.38 Å². The summed E-state index contributed by atoms with van der Waals surface area (Å²) in [5.41, 5.74) is -3.34. The first-order chi connectivity index (χ1) is 9.98. The summed E-state index contributed by atoms with van der Waals surface area (Å²) in [6.07, 6.45) is -9.92. The molecule has 1 heterocycles. The first-order valence-electron chi connectivity index (χ1n) is 5.64. The Hall–Kier alpha value is -1.97. The summed E-state index contributed by atoms with van der Waals surface area (Å²) in [6, 6.07) is 1.03. The van der Waals surface area contributed by atoms with Gasteiger partial charge in [0.2, 0.25) is 5.88 Å². The molecule has 0 spiro atoms. The van der Waals surface area contributed by atoms with Gasteiger partial charge < -0.3 is 5.11 Å². The summed E-state index contributed by atoms with van der Waals surface area (Å²) >= 11 is 0.583. The van der Waals surface area contributed by atoms with Crippen molar-refractivity contribution in [2.75, 3.05) is 0 Å². The maximum absolute atomic E-state index is 12.7. The van der Waals surface area contributed by atoms with Crippen LogP contribution >= 0.6 is 11.3 Å². The minimum Gasteiger partial charge on any atom is -0.494 e. The fourth-order valence-corrected chi connectivity index (χ4v) is 2.38. The lowest BCUT2D eigenvalue weighted by atomic mass is 10.0. The second kappa shape index (κ2) is 5.34. The van der Waals surface area contributed by atoms with Gasteiger partial charge in [-0.25, -0.2) is 0 Å². The van der Waals surface area contributed by atoms with Crippen LogP contribution in [0.1, 0.15) is 16.7 Å². The molecule has 0 radical (unpaired) electrons. The van der Waals surface area contributed by atoms with E-state index in [1.54, 1.807) is 0 Å². The fraction of sp³-hybridized carbons (Fsp3) is 0.250. The van der Waals surface area contributed by atoms with Gasteiger partial charge in [-0.1, -0.05) is 11.3 Å². The second-order valence-electron chi connectivity index (χ2n) is 4.36. The van der Waals surface area contributed by atoms with Gasteiger partial charge in [-0.05, 0) is 23.8 Å². The second-order valence-corrected chi connectivity index (χ2v) is 5.18. The highest BCUT2D eigenvalue weighted by atomic mass is 32.1. The van der Waals surface area contributed by atoms with Crippen LogP contribution in [0.3, 0.4) is 0 Å². The Labute approximate surface area is 123 Å². The third kappa shape index (κ3) is 3.43. The number of alkyl halides is 6. The highest BCUT2D eigenvalue weighted by Gasteiger charge is 2.36. The molecule has 2 aromatic rings. The predicted molar refractivity (Wildman–Crippen MR) is 65.8 cm³/mol. The van der Waals surface area contributed by atoms with Gasteiger partial charge in [-0.3, -0.25) is 9.36 Å². The minimum atomic E-state index is -4.96.